The number of aromatic amines is 1. The van der Waals surface area contributed by atoms with Gasteiger partial charge in [-0.25, -0.2) is 4.85 Å². The van der Waals surface area contributed by atoms with Crippen molar-refractivity contribution in [2.75, 3.05) is 0 Å². The van der Waals surface area contributed by atoms with Crippen LogP contribution in [-0.4, -0.2) is 4.98 Å². The fourth-order valence-electron chi connectivity index (χ4n) is 9.12. The number of hydrogen-bond acceptors (Lipinski definition) is 0. The van der Waals surface area contributed by atoms with Gasteiger partial charge in [-0.2, -0.15) is 0 Å². The van der Waals surface area contributed by atoms with E-state index in [0.717, 1.165) is 16.7 Å². The second-order valence-electron chi connectivity index (χ2n) is 13.1. The second-order valence-corrected chi connectivity index (χ2v) is 13.1. The van der Waals surface area contributed by atoms with Crippen LogP contribution in [-0.2, 0) is 5.41 Å². The summed E-state index contributed by atoms with van der Waals surface area (Å²) in [6.45, 7) is 8.35. The Morgan fingerprint density at radius 2 is 0.917 bits per heavy atom. The van der Waals surface area contributed by atoms with Gasteiger partial charge in [0.2, 0.25) is 0 Å². The fourth-order valence-corrected chi connectivity index (χ4v) is 9.12. The summed E-state index contributed by atoms with van der Waals surface area (Å²) in [5.41, 5.74) is 15.0. The number of fused-ring (bicyclic) bond motifs is 3. The van der Waals surface area contributed by atoms with Crippen LogP contribution in [0.25, 0.3) is 26.7 Å². The number of benzene rings is 7. The molecule has 0 saturated carbocycles. The highest BCUT2D eigenvalue weighted by molar-refractivity contribution is 6.12. The van der Waals surface area contributed by atoms with E-state index in [0.29, 0.717) is 0 Å². The van der Waals surface area contributed by atoms with E-state index < -0.39 is 5.41 Å². The maximum absolute atomic E-state index is 8.35. The Morgan fingerprint density at radius 1 is 0.458 bits per heavy atom. The fraction of sp³-hybridized carbons (Fsp3) is 0.0652. The third-order valence-corrected chi connectivity index (χ3v) is 10.9. The lowest BCUT2D eigenvalue weighted by atomic mass is 9.60. The third kappa shape index (κ3) is 3.51. The lowest BCUT2D eigenvalue weighted by Crippen LogP contribution is -2.31. The van der Waals surface area contributed by atoms with Crippen molar-refractivity contribution >= 4 is 27.5 Å². The molecule has 1 heterocycles. The normalized spacial score (nSPS) is 15.9. The van der Waals surface area contributed by atoms with Crippen molar-refractivity contribution in [2.24, 2.45) is 0 Å². The molecule has 3 aliphatic rings. The highest BCUT2D eigenvalue weighted by atomic mass is 14.7. The molecular weight excluding hydrogens is 581 g/mol. The molecule has 2 heteroatoms. The van der Waals surface area contributed by atoms with E-state index in [1.54, 1.807) is 0 Å². The third-order valence-electron chi connectivity index (χ3n) is 10.9. The van der Waals surface area contributed by atoms with Crippen LogP contribution in [0, 0.1) is 6.57 Å². The van der Waals surface area contributed by atoms with E-state index in [2.05, 4.69) is 174 Å². The van der Waals surface area contributed by atoms with E-state index in [4.69, 9.17) is 6.57 Å². The summed E-state index contributed by atoms with van der Waals surface area (Å²) in [5.74, 6) is 0.0995. The molecular formula is C46H30N2. The predicted octanol–water partition coefficient (Wildman–Crippen LogP) is 11.2. The molecule has 224 valence electrons. The average molecular weight is 611 g/mol. The minimum absolute atomic E-state index is 0.0380. The van der Waals surface area contributed by atoms with Gasteiger partial charge in [0.05, 0.1) is 12.0 Å². The molecule has 0 amide bonds. The van der Waals surface area contributed by atoms with Crippen LogP contribution < -0.4 is 0 Å². The Morgan fingerprint density at radius 3 is 1.40 bits per heavy atom. The first-order valence-corrected chi connectivity index (χ1v) is 16.6. The van der Waals surface area contributed by atoms with Crippen molar-refractivity contribution in [3.8, 4) is 0 Å². The van der Waals surface area contributed by atoms with Crippen LogP contribution in [0.3, 0.4) is 0 Å². The van der Waals surface area contributed by atoms with Crippen molar-refractivity contribution in [1.29, 1.82) is 0 Å². The van der Waals surface area contributed by atoms with E-state index in [1.165, 1.54) is 66.4 Å². The first kappa shape index (κ1) is 27.0. The van der Waals surface area contributed by atoms with Crippen LogP contribution in [0.5, 0.6) is 0 Å². The summed E-state index contributed by atoms with van der Waals surface area (Å²) >= 11 is 0. The summed E-state index contributed by atoms with van der Waals surface area (Å²) < 4.78 is 0. The van der Waals surface area contributed by atoms with Crippen molar-refractivity contribution in [1.82, 2.24) is 4.98 Å². The lowest BCUT2D eigenvalue weighted by molar-refractivity contribution is 0.746. The molecule has 0 radical (unpaired) electrons. The van der Waals surface area contributed by atoms with Gasteiger partial charge in [0.25, 0.3) is 0 Å². The topological polar surface area (TPSA) is 20.1 Å². The summed E-state index contributed by atoms with van der Waals surface area (Å²) in [6.07, 6.45) is 0. The number of nitrogens with zero attached hydrogens (tertiary/aromatic N) is 1. The molecule has 2 nitrogen and oxygen atoms in total. The van der Waals surface area contributed by atoms with Crippen LogP contribution in [0.15, 0.2) is 164 Å². The standard InChI is InChI=1S/C46H30N2/c1-47-39-28-40-43(45-42-35-23-13-11-21-33(35)41(44(39)45)34-22-12-14-24-36(34)42)37-27-32(25-26-38(37)48-40)46(29-15-5-2-6-16-29,30-17-7-3-8-18-30)31-19-9-4-10-20-31/h2-28,41-42,48H. The van der Waals surface area contributed by atoms with Crippen LogP contribution in [0.1, 0.15) is 67.5 Å². The quantitative estimate of drug-likeness (QED) is 0.151. The Bertz CT molecular complexity index is 2430. The monoisotopic (exact) mass is 610 g/mol. The highest BCUT2D eigenvalue weighted by Gasteiger charge is 2.44. The van der Waals surface area contributed by atoms with Gasteiger partial charge in [-0.05, 0) is 73.8 Å². The molecule has 0 aliphatic heterocycles. The molecule has 8 aromatic rings. The molecule has 3 aliphatic carbocycles. The highest BCUT2D eigenvalue weighted by Crippen LogP contribution is 2.60. The summed E-state index contributed by atoms with van der Waals surface area (Å²) in [4.78, 5) is 7.94. The molecule has 2 bridgehead atoms. The summed E-state index contributed by atoms with van der Waals surface area (Å²) in [5, 5.41) is 2.43. The smallest absolute Gasteiger partial charge is 0.193 e. The van der Waals surface area contributed by atoms with Crippen molar-refractivity contribution < 1.29 is 0 Å². The van der Waals surface area contributed by atoms with Crippen LogP contribution in [0.2, 0.25) is 0 Å². The average Bonchev–Trinajstić information content (AvgIpc) is 3.54. The van der Waals surface area contributed by atoms with Crippen LogP contribution >= 0.6 is 0 Å². The summed E-state index contributed by atoms with van der Waals surface area (Å²) in [7, 11) is 0. The first-order chi connectivity index (χ1) is 23.8. The molecule has 0 saturated heterocycles. The molecule has 11 rings (SSSR count). The van der Waals surface area contributed by atoms with E-state index in [-0.39, 0.29) is 11.8 Å². The number of hydrogen-bond donors (Lipinski definition) is 1. The molecule has 0 atom stereocenters. The Hall–Kier alpha value is -6.17. The zero-order valence-corrected chi connectivity index (χ0v) is 26.2. The number of H-pyrrole nitrogens is 1. The first-order valence-electron chi connectivity index (χ1n) is 16.6. The Labute approximate surface area is 279 Å². The van der Waals surface area contributed by atoms with Gasteiger partial charge in [0.15, 0.2) is 5.69 Å². The SMILES string of the molecule is [C-]#[N+]c1cc2[nH]c3ccc(C(c4ccccc4)(c4ccccc4)c4ccccc4)cc3c2c2c1C1c3ccccc3C2c2ccccc21. The van der Waals surface area contributed by atoms with E-state index >= 15 is 0 Å². The number of nitrogens with one attached hydrogen (secondary N) is 1. The van der Waals surface area contributed by atoms with E-state index in [9.17, 15) is 0 Å². The minimum Gasteiger partial charge on any atom is -0.356 e. The van der Waals surface area contributed by atoms with Crippen molar-refractivity contribution in [2.45, 2.75) is 17.3 Å². The molecule has 1 N–H and O–H groups in total. The largest absolute Gasteiger partial charge is 0.356 e. The zero-order valence-electron chi connectivity index (χ0n) is 26.2. The Kier molecular flexibility index (Phi) is 5.72. The molecule has 7 aromatic carbocycles. The maximum Gasteiger partial charge on any atom is 0.193 e. The van der Waals surface area contributed by atoms with Gasteiger partial charge >= 0.3 is 0 Å². The zero-order chi connectivity index (χ0) is 31.8. The summed E-state index contributed by atoms with van der Waals surface area (Å²) in [6, 6.07) is 59.6. The van der Waals surface area contributed by atoms with Gasteiger partial charge < -0.3 is 4.98 Å². The second kappa shape index (κ2) is 10.2. The Balaban J connectivity index is 1.34. The van der Waals surface area contributed by atoms with Gasteiger partial charge in [-0.15, -0.1) is 0 Å². The number of rotatable bonds is 4. The molecule has 0 unspecified atom stereocenters. The maximum atomic E-state index is 8.35. The molecule has 1 aromatic heterocycles. The van der Waals surface area contributed by atoms with E-state index in [1.807, 2.05) is 0 Å². The molecule has 0 fully saturated rings. The molecule has 0 spiro atoms. The molecule has 48 heavy (non-hydrogen) atoms. The predicted molar refractivity (Wildman–Crippen MR) is 195 cm³/mol. The van der Waals surface area contributed by atoms with Gasteiger partial charge in [0.1, 0.15) is 0 Å². The van der Waals surface area contributed by atoms with Gasteiger partial charge in [-0.1, -0.05) is 146 Å². The minimum atomic E-state index is -0.545. The van der Waals surface area contributed by atoms with Gasteiger partial charge in [-0.3, -0.25) is 0 Å². The van der Waals surface area contributed by atoms with Crippen LogP contribution in [0.4, 0.5) is 5.69 Å². The van der Waals surface area contributed by atoms with Gasteiger partial charge in [0, 0.05) is 33.6 Å². The lowest BCUT2D eigenvalue weighted by Gasteiger charge is -2.43. The number of aromatic nitrogens is 1. The van der Waals surface area contributed by atoms with Crippen molar-refractivity contribution in [3.05, 3.63) is 231 Å². The van der Waals surface area contributed by atoms with Crippen molar-refractivity contribution in [3.63, 3.8) is 0 Å².